The first-order valence-corrected chi connectivity index (χ1v) is 9.97. The van der Waals surface area contributed by atoms with Crippen molar-refractivity contribution in [2.24, 2.45) is 5.10 Å². The molecule has 0 aromatic heterocycles. The Labute approximate surface area is 180 Å². The topological polar surface area (TPSA) is 59.9 Å². The molecule has 4 rings (SSSR count). The van der Waals surface area contributed by atoms with E-state index in [4.69, 9.17) is 9.47 Å². The summed E-state index contributed by atoms with van der Waals surface area (Å²) in [6.07, 6.45) is 1.58. The lowest BCUT2D eigenvalue weighted by Crippen LogP contribution is -2.24. The molecule has 4 aromatic carbocycles. The number of fused-ring (bicyclic) bond motifs is 1. The smallest absolute Gasteiger partial charge is 0.277 e. The Morgan fingerprint density at radius 2 is 1.55 bits per heavy atom. The highest BCUT2D eigenvalue weighted by molar-refractivity contribution is 5.89. The van der Waals surface area contributed by atoms with Gasteiger partial charge in [0, 0.05) is 5.39 Å². The molecule has 0 aliphatic carbocycles. The molecule has 5 heteroatoms. The van der Waals surface area contributed by atoms with E-state index in [0.717, 1.165) is 27.6 Å². The number of hydrogen-bond donors (Lipinski definition) is 1. The molecule has 31 heavy (non-hydrogen) atoms. The maximum Gasteiger partial charge on any atom is 0.277 e. The number of ether oxygens (including phenoxy) is 2. The minimum atomic E-state index is -0.327. The quantitative estimate of drug-likeness (QED) is 0.330. The number of rotatable bonds is 8. The monoisotopic (exact) mass is 410 g/mol. The summed E-state index contributed by atoms with van der Waals surface area (Å²) in [4.78, 5) is 12.0. The zero-order chi connectivity index (χ0) is 21.3. The highest BCUT2D eigenvalue weighted by atomic mass is 16.5. The fourth-order valence-electron chi connectivity index (χ4n) is 3.07. The molecule has 0 bridgehead atoms. The SMILES string of the molecule is O=C(COc1cccc2ccccc12)N/N=C\c1ccc(OCc2ccccc2)cc1. The third kappa shape index (κ3) is 5.70. The van der Waals surface area contributed by atoms with Gasteiger partial charge >= 0.3 is 0 Å². The Kier molecular flexibility index (Phi) is 6.55. The molecule has 154 valence electrons. The van der Waals surface area contributed by atoms with E-state index in [1.165, 1.54) is 0 Å². The van der Waals surface area contributed by atoms with E-state index >= 15 is 0 Å². The van der Waals surface area contributed by atoms with Gasteiger partial charge in [-0.3, -0.25) is 4.79 Å². The zero-order valence-corrected chi connectivity index (χ0v) is 16.9. The number of hydrogen-bond acceptors (Lipinski definition) is 4. The third-order valence-electron chi connectivity index (χ3n) is 4.64. The second-order valence-electron chi connectivity index (χ2n) is 6.90. The van der Waals surface area contributed by atoms with E-state index < -0.39 is 0 Å². The van der Waals surface area contributed by atoms with Gasteiger partial charge < -0.3 is 9.47 Å². The van der Waals surface area contributed by atoms with Crippen LogP contribution in [-0.4, -0.2) is 18.7 Å². The molecule has 0 spiro atoms. The van der Waals surface area contributed by atoms with Crippen LogP contribution in [0.2, 0.25) is 0 Å². The molecular formula is C26H22N2O3. The first kappa shape index (κ1) is 20.2. The van der Waals surface area contributed by atoms with Crippen molar-refractivity contribution in [3.05, 3.63) is 108 Å². The summed E-state index contributed by atoms with van der Waals surface area (Å²) in [5.41, 5.74) is 4.45. The fourth-order valence-corrected chi connectivity index (χ4v) is 3.07. The summed E-state index contributed by atoms with van der Waals surface area (Å²) in [6, 6.07) is 31.1. The molecule has 0 unspecified atom stereocenters. The lowest BCUT2D eigenvalue weighted by Gasteiger charge is -2.08. The number of amides is 1. The van der Waals surface area contributed by atoms with Gasteiger partial charge in [-0.2, -0.15) is 5.10 Å². The van der Waals surface area contributed by atoms with Crippen LogP contribution in [0.3, 0.4) is 0 Å². The fraction of sp³-hybridized carbons (Fsp3) is 0.0769. The van der Waals surface area contributed by atoms with Crippen molar-refractivity contribution < 1.29 is 14.3 Å². The molecule has 0 aliphatic rings. The van der Waals surface area contributed by atoms with Crippen LogP contribution < -0.4 is 14.9 Å². The van der Waals surface area contributed by atoms with Gasteiger partial charge in [0.1, 0.15) is 18.1 Å². The highest BCUT2D eigenvalue weighted by Gasteiger charge is 2.05. The lowest BCUT2D eigenvalue weighted by molar-refractivity contribution is -0.123. The molecule has 0 heterocycles. The Morgan fingerprint density at radius 3 is 2.39 bits per heavy atom. The Hall–Kier alpha value is -4.12. The van der Waals surface area contributed by atoms with Crippen molar-refractivity contribution in [3.63, 3.8) is 0 Å². The van der Waals surface area contributed by atoms with Crippen LogP contribution in [0.4, 0.5) is 0 Å². The van der Waals surface area contributed by atoms with Gasteiger partial charge in [-0.15, -0.1) is 0 Å². The van der Waals surface area contributed by atoms with E-state index in [0.29, 0.717) is 12.4 Å². The summed E-state index contributed by atoms with van der Waals surface area (Å²) < 4.78 is 11.4. The van der Waals surface area contributed by atoms with Crippen LogP contribution >= 0.6 is 0 Å². The number of carbonyl (C=O) groups is 1. The summed E-state index contributed by atoms with van der Waals surface area (Å²) >= 11 is 0. The van der Waals surface area contributed by atoms with Crippen molar-refractivity contribution >= 4 is 22.9 Å². The van der Waals surface area contributed by atoms with E-state index in [9.17, 15) is 4.79 Å². The average Bonchev–Trinajstić information content (AvgIpc) is 2.83. The molecule has 5 nitrogen and oxygen atoms in total. The van der Waals surface area contributed by atoms with Gasteiger partial charge in [0.25, 0.3) is 5.91 Å². The highest BCUT2D eigenvalue weighted by Crippen LogP contribution is 2.24. The minimum absolute atomic E-state index is 0.113. The van der Waals surface area contributed by atoms with Crippen LogP contribution in [0, 0.1) is 0 Å². The summed E-state index contributed by atoms with van der Waals surface area (Å²) in [7, 11) is 0. The number of carbonyl (C=O) groups excluding carboxylic acids is 1. The predicted octanol–water partition coefficient (Wildman–Crippen LogP) is 4.95. The van der Waals surface area contributed by atoms with Gasteiger partial charge in [-0.1, -0.05) is 66.7 Å². The van der Waals surface area contributed by atoms with Crippen LogP contribution in [-0.2, 0) is 11.4 Å². The van der Waals surface area contributed by atoms with Crippen LogP contribution in [0.25, 0.3) is 10.8 Å². The van der Waals surface area contributed by atoms with Gasteiger partial charge in [-0.05, 0) is 46.8 Å². The number of nitrogens with zero attached hydrogens (tertiary/aromatic N) is 1. The molecule has 0 atom stereocenters. The van der Waals surface area contributed by atoms with Gasteiger partial charge in [0.05, 0.1) is 6.21 Å². The molecule has 4 aromatic rings. The summed E-state index contributed by atoms with van der Waals surface area (Å²) in [5, 5.41) is 6.03. The second-order valence-corrected chi connectivity index (χ2v) is 6.90. The van der Waals surface area contributed by atoms with Crippen molar-refractivity contribution in [3.8, 4) is 11.5 Å². The number of nitrogens with one attached hydrogen (secondary N) is 1. The molecule has 0 radical (unpaired) electrons. The zero-order valence-electron chi connectivity index (χ0n) is 16.9. The van der Waals surface area contributed by atoms with Crippen LogP contribution in [0.15, 0.2) is 102 Å². The largest absolute Gasteiger partial charge is 0.489 e. The van der Waals surface area contributed by atoms with Crippen molar-refractivity contribution in [1.29, 1.82) is 0 Å². The first-order chi connectivity index (χ1) is 15.3. The van der Waals surface area contributed by atoms with E-state index in [1.807, 2.05) is 97.1 Å². The van der Waals surface area contributed by atoms with E-state index in [2.05, 4.69) is 10.5 Å². The Morgan fingerprint density at radius 1 is 0.806 bits per heavy atom. The molecule has 1 N–H and O–H groups in total. The van der Waals surface area contributed by atoms with Crippen LogP contribution in [0.1, 0.15) is 11.1 Å². The molecule has 0 fully saturated rings. The van der Waals surface area contributed by atoms with Crippen LogP contribution in [0.5, 0.6) is 11.5 Å². The minimum Gasteiger partial charge on any atom is -0.489 e. The predicted molar refractivity (Wildman–Crippen MR) is 122 cm³/mol. The molecule has 1 amide bonds. The van der Waals surface area contributed by atoms with E-state index in [-0.39, 0.29) is 12.5 Å². The van der Waals surface area contributed by atoms with E-state index in [1.54, 1.807) is 6.21 Å². The number of benzene rings is 4. The summed E-state index contributed by atoms with van der Waals surface area (Å²) in [5.74, 6) is 1.11. The van der Waals surface area contributed by atoms with Gasteiger partial charge in [-0.25, -0.2) is 5.43 Å². The van der Waals surface area contributed by atoms with Gasteiger partial charge in [0.15, 0.2) is 6.61 Å². The van der Waals surface area contributed by atoms with Gasteiger partial charge in [0.2, 0.25) is 0 Å². The van der Waals surface area contributed by atoms with Crippen molar-refractivity contribution in [2.75, 3.05) is 6.61 Å². The second kappa shape index (κ2) is 10.1. The third-order valence-corrected chi connectivity index (χ3v) is 4.64. The maximum absolute atomic E-state index is 12.0. The molecule has 0 aliphatic heterocycles. The molecular weight excluding hydrogens is 388 g/mol. The Bertz CT molecular complexity index is 1170. The summed E-state index contributed by atoms with van der Waals surface area (Å²) in [6.45, 7) is 0.401. The van der Waals surface area contributed by atoms with Crippen molar-refractivity contribution in [2.45, 2.75) is 6.61 Å². The molecule has 0 saturated carbocycles. The standard InChI is InChI=1S/C26H22N2O3/c29-26(19-31-25-12-6-10-22-9-4-5-11-24(22)25)28-27-17-20-13-15-23(16-14-20)30-18-21-7-2-1-3-8-21/h1-17H,18-19H2,(H,28,29)/b27-17-. The maximum atomic E-state index is 12.0. The molecule has 0 saturated heterocycles. The number of hydrazone groups is 1. The first-order valence-electron chi connectivity index (χ1n) is 9.97. The van der Waals surface area contributed by atoms with Crippen molar-refractivity contribution in [1.82, 2.24) is 5.43 Å². The lowest BCUT2D eigenvalue weighted by atomic mass is 10.1. The normalized spacial score (nSPS) is 10.8. The average molecular weight is 410 g/mol. The Balaban J connectivity index is 1.25.